The number of H-pyrrole nitrogens is 1. The second-order valence-corrected chi connectivity index (χ2v) is 6.07. The van der Waals surface area contributed by atoms with E-state index in [0.717, 1.165) is 42.3 Å². The van der Waals surface area contributed by atoms with Crippen molar-refractivity contribution >= 4 is 17.1 Å². The van der Waals surface area contributed by atoms with Crippen molar-refractivity contribution in [1.82, 2.24) is 20.6 Å². The van der Waals surface area contributed by atoms with Gasteiger partial charge in [0.1, 0.15) is 5.65 Å². The van der Waals surface area contributed by atoms with Crippen molar-refractivity contribution in [1.29, 1.82) is 0 Å². The standard InChI is InChI=1S/C19H24N4O/c1-2-5-14-6-3-4-7-15(14)12-22-19(24)23-13-16-8-10-20-18-17(16)9-11-21-18/h4,7-11H,2-3,5-6,12-13H2,1H3,(H,20,21)(H2,22,23,24). The molecule has 0 aromatic carbocycles. The number of hydrogen-bond donors (Lipinski definition) is 3. The third kappa shape index (κ3) is 3.85. The predicted octanol–water partition coefficient (Wildman–Crippen LogP) is 3.81. The maximum Gasteiger partial charge on any atom is 0.315 e. The molecular weight excluding hydrogens is 300 g/mol. The maximum absolute atomic E-state index is 12.1. The van der Waals surface area contributed by atoms with Gasteiger partial charge in [-0.15, -0.1) is 0 Å². The lowest BCUT2D eigenvalue weighted by Crippen LogP contribution is -2.36. The van der Waals surface area contributed by atoms with Crippen LogP contribution in [-0.2, 0) is 6.54 Å². The Morgan fingerprint density at radius 2 is 2.17 bits per heavy atom. The number of nitrogens with one attached hydrogen (secondary N) is 3. The van der Waals surface area contributed by atoms with Gasteiger partial charge in [-0.1, -0.05) is 31.1 Å². The van der Waals surface area contributed by atoms with Gasteiger partial charge in [-0.05, 0) is 42.5 Å². The smallest absolute Gasteiger partial charge is 0.315 e. The molecule has 126 valence electrons. The van der Waals surface area contributed by atoms with Crippen molar-refractivity contribution in [3.05, 3.63) is 53.4 Å². The number of amides is 2. The highest BCUT2D eigenvalue weighted by molar-refractivity contribution is 5.80. The molecule has 0 saturated carbocycles. The van der Waals surface area contributed by atoms with Gasteiger partial charge < -0.3 is 15.6 Å². The van der Waals surface area contributed by atoms with Crippen LogP contribution in [-0.4, -0.2) is 22.5 Å². The third-order valence-electron chi connectivity index (χ3n) is 4.37. The summed E-state index contributed by atoms with van der Waals surface area (Å²) in [5, 5.41) is 6.94. The van der Waals surface area contributed by atoms with Gasteiger partial charge in [-0.25, -0.2) is 9.78 Å². The minimum absolute atomic E-state index is 0.141. The van der Waals surface area contributed by atoms with E-state index in [1.54, 1.807) is 6.20 Å². The zero-order chi connectivity index (χ0) is 16.8. The normalized spacial score (nSPS) is 14.2. The Morgan fingerprint density at radius 3 is 3.04 bits per heavy atom. The number of rotatable bonds is 6. The van der Waals surface area contributed by atoms with E-state index in [4.69, 9.17) is 0 Å². The average molecular weight is 324 g/mol. The quantitative estimate of drug-likeness (QED) is 0.756. The van der Waals surface area contributed by atoms with E-state index < -0.39 is 0 Å². The van der Waals surface area contributed by atoms with Gasteiger partial charge >= 0.3 is 6.03 Å². The van der Waals surface area contributed by atoms with Gasteiger partial charge in [0.15, 0.2) is 0 Å². The Morgan fingerprint density at radius 1 is 1.29 bits per heavy atom. The van der Waals surface area contributed by atoms with Crippen LogP contribution in [0.15, 0.2) is 47.8 Å². The number of fused-ring (bicyclic) bond motifs is 1. The minimum Gasteiger partial charge on any atom is -0.346 e. The fourth-order valence-electron chi connectivity index (χ4n) is 3.12. The Bertz CT molecular complexity index is 773. The molecule has 2 heterocycles. The molecule has 0 spiro atoms. The monoisotopic (exact) mass is 324 g/mol. The van der Waals surface area contributed by atoms with E-state index in [1.165, 1.54) is 11.1 Å². The van der Waals surface area contributed by atoms with E-state index in [-0.39, 0.29) is 6.03 Å². The number of pyridine rings is 1. The molecule has 2 amide bonds. The molecule has 24 heavy (non-hydrogen) atoms. The number of aromatic amines is 1. The summed E-state index contributed by atoms with van der Waals surface area (Å²) in [5.74, 6) is 0. The topological polar surface area (TPSA) is 69.8 Å². The van der Waals surface area contributed by atoms with E-state index in [1.807, 2.05) is 18.3 Å². The molecule has 0 fully saturated rings. The fourth-order valence-corrected chi connectivity index (χ4v) is 3.12. The SMILES string of the molecule is CCCC1=C(CNC(=O)NCc2ccnc3[nH]ccc23)C=CCC1. The van der Waals surface area contributed by atoms with Crippen LogP contribution in [0.25, 0.3) is 11.0 Å². The lowest BCUT2D eigenvalue weighted by molar-refractivity contribution is 0.241. The lowest BCUT2D eigenvalue weighted by Gasteiger charge is -2.16. The first-order valence-corrected chi connectivity index (χ1v) is 8.58. The summed E-state index contributed by atoms with van der Waals surface area (Å²) in [5.41, 5.74) is 4.63. The van der Waals surface area contributed by atoms with E-state index in [2.05, 4.69) is 39.7 Å². The Kier molecular flexibility index (Phi) is 5.31. The minimum atomic E-state index is -0.141. The predicted molar refractivity (Wildman–Crippen MR) is 96.6 cm³/mol. The zero-order valence-electron chi connectivity index (χ0n) is 14.1. The number of allylic oxidation sites excluding steroid dienone is 2. The molecule has 2 aromatic heterocycles. The molecule has 2 aromatic rings. The summed E-state index contributed by atoms with van der Waals surface area (Å²) in [6, 6.07) is 3.77. The first-order chi connectivity index (χ1) is 11.8. The van der Waals surface area contributed by atoms with Crippen molar-refractivity contribution in [3.8, 4) is 0 Å². The Labute approximate surface area is 142 Å². The van der Waals surface area contributed by atoms with Crippen LogP contribution >= 0.6 is 0 Å². The van der Waals surface area contributed by atoms with Gasteiger partial charge in [0.2, 0.25) is 0 Å². The average Bonchev–Trinajstić information content (AvgIpc) is 3.08. The van der Waals surface area contributed by atoms with Crippen LogP contribution in [0.5, 0.6) is 0 Å². The molecule has 0 bridgehead atoms. The molecule has 5 nitrogen and oxygen atoms in total. The van der Waals surface area contributed by atoms with Crippen LogP contribution in [0.2, 0.25) is 0 Å². The third-order valence-corrected chi connectivity index (χ3v) is 4.37. The number of carbonyl (C=O) groups is 1. The van der Waals surface area contributed by atoms with E-state index in [9.17, 15) is 4.79 Å². The van der Waals surface area contributed by atoms with E-state index in [0.29, 0.717) is 13.1 Å². The van der Waals surface area contributed by atoms with Crippen LogP contribution in [0.4, 0.5) is 4.79 Å². The Balaban J connectivity index is 1.54. The number of aromatic nitrogens is 2. The van der Waals surface area contributed by atoms with Crippen molar-refractivity contribution in [2.24, 2.45) is 0 Å². The molecule has 0 saturated heterocycles. The van der Waals surface area contributed by atoms with Crippen LogP contribution in [0.3, 0.4) is 0 Å². The number of urea groups is 1. The number of nitrogens with zero attached hydrogens (tertiary/aromatic N) is 1. The van der Waals surface area contributed by atoms with Gasteiger partial charge in [-0.2, -0.15) is 0 Å². The summed E-state index contributed by atoms with van der Waals surface area (Å²) in [7, 11) is 0. The van der Waals surface area contributed by atoms with E-state index >= 15 is 0 Å². The van der Waals surface area contributed by atoms with Gasteiger partial charge in [0.25, 0.3) is 0 Å². The largest absolute Gasteiger partial charge is 0.346 e. The summed E-state index contributed by atoms with van der Waals surface area (Å²) in [6.07, 6.45) is 12.4. The second-order valence-electron chi connectivity index (χ2n) is 6.07. The molecule has 1 aliphatic carbocycles. The maximum atomic E-state index is 12.1. The fraction of sp³-hybridized carbons (Fsp3) is 0.368. The molecule has 3 rings (SSSR count). The molecule has 1 aliphatic rings. The number of hydrogen-bond acceptors (Lipinski definition) is 2. The first kappa shape index (κ1) is 16.3. The highest BCUT2D eigenvalue weighted by atomic mass is 16.2. The zero-order valence-corrected chi connectivity index (χ0v) is 14.1. The molecular formula is C19H24N4O. The molecule has 0 unspecified atom stereocenters. The van der Waals surface area contributed by atoms with Crippen molar-refractivity contribution in [2.75, 3.05) is 6.54 Å². The molecule has 0 atom stereocenters. The van der Waals surface area contributed by atoms with Crippen LogP contribution in [0.1, 0.15) is 38.2 Å². The highest BCUT2D eigenvalue weighted by Crippen LogP contribution is 2.22. The summed E-state index contributed by atoms with van der Waals surface area (Å²) < 4.78 is 0. The Hall–Kier alpha value is -2.56. The van der Waals surface area contributed by atoms with Gasteiger partial charge in [-0.3, -0.25) is 0 Å². The lowest BCUT2D eigenvalue weighted by atomic mass is 9.94. The summed E-state index contributed by atoms with van der Waals surface area (Å²) in [4.78, 5) is 19.4. The van der Waals surface area contributed by atoms with Gasteiger partial charge in [0.05, 0.1) is 0 Å². The van der Waals surface area contributed by atoms with Gasteiger partial charge in [0, 0.05) is 30.9 Å². The van der Waals surface area contributed by atoms with Crippen LogP contribution < -0.4 is 10.6 Å². The first-order valence-electron chi connectivity index (χ1n) is 8.58. The highest BCUT2D eigenvalue weighted by Gasteiger charge is 2.09. The molecule has 0 aliphatic heterocycles. The van der Waals surface area contributed by atoms with Crippen LogP contribution in [0, 0.1) is 0 Å². The molecule has 3 N–H and O–H groups in total. The summed E-state index contributed by atoms with van der Waals surface area (Å²) >= 11 is 0. The van der Waals surface area contributed by atoms with Crippen molar-refractivity contribution in [3.63, 3.8) is 0 Å². The van der Waals surface area contributed by atoms with Crippen molar-refractivity contribution in [2.45, 2.75) is 39.2 Å². The number of carbonyl (C=O) groups excluding carboxylic acids is 1. The summed E-state index contributed by atoms with van der Waals surface area (Å²) in [6.45, 7) is 3.27. The molecule has 0 radical (unpaired) electrons. The molecule has 5 heteroatoms. The van der Waals surface area contributed by atoms with Crippen molar-refractivity contribution < 1.29 is 4.79 Å². The second kappa shape index (κ2) is 7.81.